The summed E-state index contributed by atoms with van der Waals surface area (Å²) in [5, 5.41) is 3.00. The Hall–Kier alpha value is -2.67. The zero-order valence-electron chi connectivity index (χ0n) is 18.2. The summed E-state index contributed by atoms with van der Waals surface area (Å²) in [6, 6.07) is 5.87. The van der Waals surface area contributed by atoms with E-state index < -0.39 is 11.3 Å². The van der Waals surface area contributed by atoms with Crippen molar-refractivity contribution in [3.05, 3.63) is 35.7 Å². The standard InChI is InChI=1S/C22H33N5O2/c1-6-26(7-2)12-13-27-18-10-8-16(9-11-19(23)28)14-17(18)25-20(27)15-24-21(29)22(3,4)5/h8-11,14H,6-7,12-13,15H2,1-5H3,(H2,23,28)(H,24,29)/b11-9+. The highest BCUT2D eigenvalue weighted by molar-refractivity contribution is 5.91. The molecule has 2 aromatic rings. The molecule has 0 unspecified atom stereocenters. The number of rotatable bonds is 9. The number of carbonyl (C=O) groups excluding carboxylic acids is 2. The molecule has 2 rings (SSSR count). The third-order valence-corrected chi connectivity index (χ3v) is 4.91. The van der Waals surface area contributed by atoms with Crippen LogP contribution in [0, 0.1) is 5.41 Å². The lowest BCUT2D eigenvalue weighted by Gasteiger charge is -2.20. The van der Waals surface area contributed by atoms with Gasteiger partial charge in [-0.2, -0.15) is 0 Å². The molecule has 7 nitrogen and oxygen atoms in total. The molecule has 0 spiro atoms. The molecule has 3 N–H and O–H groups in total. The Labute approximate surface area is 173 Å². The molecule has 0 aliphatic heterocycles. The second-order valence-corrected chi connectivity index (χ2v) is 8.12. The summed E-state index contributed by atoms with van der Waals surface area (Å²) in [6.45, 7) is 14.0. The van der Waals surface area contributed by atoms with Gasteiger partial charge in [0, 0.05) is 24.6 Å². The zero-order valence-corrected chi connectivity index (χ0v) is 18.2. The van der Waals surface area contributed by atoms with E-state index in [2.05, 4.69) is 28.6 Å². The third-order valence-electron chi connectivity index (χ3n) is 4.91. The van der Waals surface area contributed by atoms with Crippen LogP contribution in [0.25, 0.3) is 17.1 Å². The molecule has 0 fully saturated rings. The molecule has 0 saturated heterocycles. The highest BCUT2D eigenvalue weighted by Crippen LogP contribution is 2.20. The SMILES string of the molecule is CCN(CC)CCn1c(CNC(=O)C(C)(C)C)nc2cc(/C=C/C(N)=O)ccc21. The van der Waals surface area contributed by atoms with Gasteiger partial charge in [0.15, 0.2) is 0 Å². The molecule has 0 radical (unpaired) electrons. The lowest BCUT2D eigenvalue weighted by molar-refractivity contribution is -0.128. The van der Waals surface area contributed by atoms with E-state index >= 15 is 0 Å². The molecular weight excluding hydrogens is 366 g/mol. The topological polar surface area (TPSA) is 93.2 Å². The highest BCUT2D eigenvalue weighted by atomic mass is 16.2. The van der Waals surface area contributed by atoms with Gasteiger partial charge in [-0.3, -0.25) is 9.59 Å². The van der Waals surface area contributed by atoms with Crippen LogP contribution in [0.2, 0.25) is 0 Å². The van der Waals surface area contributed by atoms with Gasteiger partial charge in [0.1, 0.15) is 5.82 Å². The maximum absolute atomic E-state index is 12.3. The first-order valence-corrected chi connectivity index (χ1v) is 10.1. The number of carbonyl (C=O) groups is 2. The number of imidazole rings is 1. The predicted molar refractivity (Wildman–Crippen MR) is 117 cm³/mol. The fourth-order valence-corrected chi connectivity index (χ4v) is 3.07. The van der Waals surface area contributed by atoms with E-state index in [0.717, 1.165) is 48.6 Å². The maximum atomic E-state index is 12.3. The van der Waals surface area contributed by atoms with Crippen molar-refractivity contribution in [3.8, 4) is 0 Å². The second-order valence-electron chi connectivity index (χ2n) is 8.12. The van der Waals surface area contributed by atoms with Crippen LogP contribution in [0.15, 0.2) is 24.3 Å². The molecule has 0 atom stereocenters. The van der Waals surface area contributed by atoms with Gasteiger partial charge in [-0.25, -0.2) is 4.98 Å². The fourth-order valence-electron chi connectivity index (χ4n) is 3.07. The number of amides is 2. The summed E-state index contributed by atoms with van der Waals surface area (Å²) in [5.41, 5.74) is 7.43. The second kappa shape index (κ2) is 9.69. The largest absolute Gasteiger partial charge is 0.366 e. The van der Waals surface area contributed by atoms with E-state index in [-0.39, 0.29) is 5.91 Å². The minimum absolute atomic E-state index is 0.00932. The van der Waals surface area contributed by atoms with Crippen molar-refractivity contribution >= 4 is 28.9 Å². The van der Waals surface area contributed by atoms with Crippen LogP contribution in [0.4, 0.5) is 0 Å². The number of fused-ring (bicyclic) bond motifs is 1. The Balaban J connectivity index is 2.35. The van der Waals surface area contributed by atoms with Crippen LogP contribution in [0.3, 0.4) is 0 Å². The molecule has 0 bridgehead atoms. The number of nitrogens with one attached hydrogen (secondary N) is 1. The molecule has 0 aliphatic carbocycles. The van der Waals surface area contributed by atoms with Crippen LogP contribution < -0.4 is 11.1 Å². The van der Waals surface area contributed by atoms with E-state index in [1.165, 1.54) is 6.08 Å². The number of nitrogens with zero attached hydrogens (tertiary/aromatic N) is 3. The summed E-state index contributed by atoms with van der Waals surface area (Å²) >= 11 is 0. The summed E-state index contributed by atoms with van der Waals surface area (Å²) in [6.07, 6.45) is 3.01. The number of likely N-dealkylation sites (N-methyl/N-ethyl adjacent to an activating group) is 1. The Morgan fingerprint density at radius 1 is 1.24 bits per heavy atom. The smallest absolute Gasteiger partial charge is 0.241 e. The molecule has 0 aliphatic rings. The summed E-state index contributed by atoms with van der Waals surface area (Å²) in [7, 11) is 0. The number of hydrogen-bond acceptors (Lipinski definition) is 4. The maximum Gasteiger partial charge on any atom is 0.241 e. The van der Waals surface area contributed by atoms with Crippen molar-refractivity contribution in [2.45, 2.75) is 47.7 Å². The summed E-state index contributed by atoms with van der Waals surface area (Å²) in [5.74, 6) is 0.325. The van der Waals surface area contributed by atoms with Gasteiger partial charge in [0.05, 0.1) is 17.6 Å². The summed E-state index contributed by atoms with van der Waals surface area (Å²) in [4.78, 5) is 30.4. The molecule has 29 heavy (non-hydrogen) atoms. The van der Waals surface area contributed by atoms with Crippen LogP contribution >= 0.6 is 0 Å². The number of nitrogens with two attached hydrogens (primary N) is 1. The highest BCUT2D eigenvalue weighted by Gasteiger charge is 2.21. The first-order chi connectivity index (χ1) is 13.7. The van der Waals surface area contributed by atoms with Gasteiger partial charge in [0.2, 0.25) is 11.8 Å². The normalized spacial score (nSPS) is 12.2. The predicted octanol–water partition coefficient (Wildman–Crippen LogP) is 2.54. The monoisotopic (exact) mass is 399 g/mol. The van der Waals surface area contributed by atoms with Gasteiger partial charge >= 0.3 is 0 Å². The van der Waals surface area contributed by atoms with Gasteiger partial charge in [-0.15, -0.1) is 0 Å². The minimum atomic E-state index is -0.486. The van der Waals surface area contributed by atoms with E-state index in [4.69, 9.17) is 10.7 Å². The quantitative estimate of drug-likeness (QED) is 0.634. The minimum Gasteiger partial charge on any atom is -0.366 e. The van der Waals surface area contributed by atoms with E-state index in [1.807, 2.05) is 39.0 Å². The van der Waals surface area contributed by atoms with Gasteiger partial charge < -0.3 is 20.5 Å². The molecule has 0 saturated carbocycles. The average molecular weight is 400 g/mol. The number of aromatic nitrogens is 2. The Morgan fingerprint density at radius 3 is 2.52 bits per heavy atom. The van der Waals surface area contributed by atoms with Crippen molar-refractivity contribution in [3.63, 3.8) is 0 Å². The Morgan fingerprint density at radius 2 is 1.93 bits per heavy atom. The van der Waals surface area contributed by atoms with Crippen LogP contribution in [-0.2, 0) is 22.7 Å². The van der Waals surface area contributed by atoms with Gasteiger partial charge in [0.25, 0.3) is 0 Å². The molecule has 1 heterocycles. The zero-order chi connectivity index (χ0) is 21.6. The lowest BCUT2D eigenvalue weighted by atomic mass is 9.96. The van der Waals surface area contributed by atoms with Crippen molar-refractivity contribution in [1.29, 1.82) is 0 Å². The summed E-state index contributed by atoms with van der Waals surface area (Å²) < 4.78 is 2.16. The first-order valence-electron chi connectivity index (χ1n) is 10.1. The molecular formula is C22H33N5O2. The molecule has 158 valence electrons. The van der Waals surface area contributed by atoms with Crippen LogP contribution in [-0.4, -0.2) is 45.9 Å². The number of benzene rings is 1. The number of primary amides is 1. The van der Waals surface area contributed by atoms with Crippen molar-refractivity contribution in [2.24, 2.45) is 11.1 Å². The molecule has 1 aromatic carbocycles. The molecule has 7 heteroatoms. The van der Waals surface area contributed by atoms with Crippen molar-refractivity contribution < 1.29 is 9.59 Å². The third kappa shape index (κ3) is 6.15. The van der Waals surface area contributed by atoms with E-state index in [0.29, 0.717) is 6.54 Å². The Kier molecular flexibility index (Phi) is 7.56. The fraction of sp³-hybridized carbons (Fsp3) is 0.500. The van der Waals surface area contributed by atoms with E-state index in [1.54, 1.807) is 6.08 Å². The number of hydrogen-bond donors (Lipinski definition) is 2. The first kappa shape index (κ1) is 22.6. The van der Waals surface area contributed by atoms with Crippen molar-refractivity contribution in [1.82, 2.24) is 19.8 Å². The van der Waals surface area contributed by atoms with Crippen LogP contribution in [0.5, 0.6) is 0 Å². The molecule has 2 amide bonds. The lowest BCUT2D eigenvalue weighted by Crippen LogP contribution is -2.35. The van der Waals surface area contributed by atoms with E-state index in [9.17, 15) is 9.59 Å². The average Bonchev–Trinajstić information content (AvgIpc) is 3.01. The van der Waals surface area contributed by atoms with Gasteiger partial charge in [-0.05, 0) is 36.9 Å². The van der Waals surface area contributed by atoms with Gasteiger partial charge in [-0.1, -0.05) is 40.7 Å². The van der Waals surface area contributed by atoms with Crippen LogP contribution in [0.1, 0.15) is 46.0 Å². The molecule has 1 aromatic heterocycles. The Bertz CT molecular complexity index is 888. The van der Waals surface area contributed by atoms with Crippen molar-refractivity contribution in [2.75, 3.05) is 19.6 Å².